The summed E-state index contributed by atoms with van der Waals surface area (Å²) >= 11 is 5.66. The molecule has 0 radical (unpaired) electrons. The van der Waals surface area contributed by atoms with Gasteiger partial charge in [0.05, 0.1) is 17.2 Å². The molecule has 0 aromatic carbocycles. The van der Waals surface area contributed by atoms with Crippen LogP contribution in [0.3, 0.4) is 0 Å². The van der Waals surface area contributed by atoms with Crippen LogP contribution in [0.15, 0.2) is 36.8 Å². The topological polar surface area (TPSA) is 51.6 Å². The summed E-state index contributed by atoms with van der Waals surface area (Å²) in [6, 6.07) is 5.33. The number of rotatable bonds is 1. The fourth-order valence-electron chi connectivity index (χ4n) is 1.63. The first kappa shape index (κ1) is 11.0. The monoisotopic (exact) mass is 260 g/mol. The van der Waals surface area contributed by atoms with Crippen LogP contribution < -0.4 is 0 Å². The minimum Gasteiger partial charge on any atom is -0.255 e. The Morgan fingerprint density at radius 2 is 1.94 bits per heavy atom. The molecular formula is C12H6ClFN4. The highest BCUT2D eigenvalue weighted by Crippen LogP contribution is 2.22. The van der Waals surface area contributed by atoms with Crippen molar-refractivity contribution < 1.29 is 4.39 Å². The van der Waals surface area contributed by atoms with Crippen molar-refractivity contribution in [3.8, 4) is 11.3 Å². The molecule has 4 nitrogen and oxygen atoms in total. The van der Waals surface area contributed by atoms with E-state index in [4.69, 9.17) is 11.6 Å². The lowest BCUT2D eigenvalue weighted by molar-refractivity contribution is 0.618. The zero-order valence-corrected chi connectivity index (χ0v) is 9.76. The van der Waals surface area contributed by atoms with Crippen LogP contribution in [-0.2, 0) is 0 Å². The van der Waals surface area contributed by atoms with Crippen LogP contribution in [0, 0.1) is 5.82 Å². The van der Waals surface area contributed by atoms with Crippen molar-refractivity contribution in [2.45, 2.75) is 0 Å². The Morgan fingerprint density at radius 3 is 2.83 bits per heavy atom. The highest BCUT2D eigenvalue weighted by molar-refractivity contribution is 6.28. The first-order valence-corrected chi connectivity index (χ1v) is 5.51. The van der Waals surface area contributed by atoms with Crippen LogP contribution in [-0.4, -0.2) is 19.9 Å². The molecule has 0 unspecified atom stereocenters. The van der Waals surface area contributed by atoms with Crippen LogP contribution in [0.25, 0.3) is 22.3 Å². The summed E-state index contributed by atoms with van der Waals surface area (Å²) in [6.45, 7) is 0. The largest absolute Gasteiger partial charge is 0.255 e. The van der Waals surface area contributed by atoms with Crippen molar-refractivity contribution in [3.05, 3.63) is 47.9 Å². The number of nitrogens with zero attached hydrogens (tertiary/aromatic N) is 4. The summed E-state index contributed by atoms with van der Waals surface area (Å²) in [4.78, 5) is 15.8. The smallest absolute Gasteiger partial charge is 0.223 e. The van der Waals surface area contributed by atoms with Gasteiger partial charge in [0, 0.05) is 18.0 Å². The second-order valence-corrected chi connectivity index (χ2v) is 3.94. The second-order valence-electron chi connectivity index (χ2n) is 3.60. The summed E-state index contributed by atoms with van der Waals surface area (Å²) in [5.41, 5.74) is 2.05. The normalized spacial score (nSPS) is 10.8. The lowest BCUT2D eigenvalue weighted by atomic mass is 10.2. The van der Waals surface area contributed by atoms with E-state index in [1.54, 1.807) is 18.3 Å². The van der Waals surface area contributed by atoms with E-state index < -0.39 is 5.82 Å². The lowest BCUT2D eigenvalue weighted by Gasteiger charge is -2.03. The maximum atomic E-state index is 13.6. The molecule has 0 fully saturated rings. The molecule has 0 spiro atoms. The number of fused-ring (bicyclic) bond motifs is 1. The van der Waals surface area contributed by atoms with E-state index in [2.05, 4.69) is 19.9 Å². The third kappa shape index (κ3) is 1.89. The number of pyridine rings is 2. The van der Waals surface area contributed by atoms with E-state index >= 15 is 0 Å². The van der Waals surface area contributed by atoms with E-state index in [9.17, 15) is 4.39 Å². The molecule has 0 saturated heterocycles. The molecule has 3 rings (SSSR count). The molecule has 3 aromatic heterocycles. The Bertz CT molecular complexity index is 732. The van der Waals surface area contributed by atoms with Gasteiger partial charge in [-0.2, -0.15) is 0 Å². The number of hydrogen-bond donors (Lipinski definition) is 0. The molecule has 0 atom stereocenters. The van der Waals surface area contributed by atoms with Gasteiger partial charge in [-0.15, -0.1) is 0 Å². The van der Waals surface area contributed by atoms with Crippen molar-refractivity contribution in [2.75, 3.05) is 0 Å². The molecule has 18 heavy (non-hydrogen) atoms. The predicted molar refractivity (Wildman–Crippen MR) is 65.5 cm³/mol. The maximum absolute atomic E-state index is 13.6. The third-order valence-electron chi connectivity index (χ3n) is 2.44. The first-order chi connectivity index (χ1) is 8.74. The quantitative estimate of drug-likeness (QED) is 0.631. The van der Waals surface area contributed by atoms with Crippen LogP contribution in [0.5, 0.6) is 0 Å². The fraction of sp³-hybridized carbons (Fsp3) is 0. The molecule has 3 aromatic rings. The number of aromatic nitrogens is 4. The molecule has 3 heterocycles. The summed E-state index contributed by atoms with van der Waals surface area (Å²) < 4.78 is 13.6. The van der Waals surface area contributed by atoms with E-state index in [1.165, 1.54) is 6.20 Å². The molecular weight excluding hydrogens is 255 g/mol. The van der Waals surface area contributed by atoms with E-state index in [0.717, 1.165) is 11.7 Å². The average Bonchev–Trinajstić information content (AvgIpc) is 2.41. The molecule has 0 saturated carbocycles. The van der Waals surface area contributed by atoms with Crippen molar-refractivity contribution >= 4 is 22.6 Å². The van der Waals surface area contributed by atoms with Gasteiger partial charge in [-0.1, -0.05) is 0 Å². The Hall–Kier alpha value is -2.14. The van der Waals surface area contributed by atoms with Gasteiger partial charge in [-0.05, 0) is 29.8 Å². The predicted octanol–water partition coefficient (Wildman–Crippen LogP) is 2.88. The zero-order chi connectivity index (χ0) is 12.5. The van der Waals surface area contributed by atoms with Gasteiger partial charge >= 0.3 is 0 Å². The van der Waals surface area contributed by atoms with Crippen molar-refractivity contribution in [3.63, 3.8) is 0 Å². The Kier molecular flexibility index (Phi) is 2.60. The zero-order valence-electron chi connectivity index (χ0n) is 9.01. The second kappa shape index (κ2) is 4.27. The highest BCUT2D eigenvalue weighted by atomic mass is 35.5. The molecule has 0 aliphatic carbocycles. The maximum Gasteiger partial charge on any atom is 0.223 e. The molecule has 6 heteroatoms. The van der Waals surface area contributed by atoms with Gasteiger partial charge < -0.3 is 0 Å². The van der Waals surface area contributed by atoms with Crippen LogP contribution >= 0.6 is 11.6 Å². The van der Waals surface area contributed by atoms with Gasteiger partial charge in [0.2, 0.25) is 5.28 Å². The summed E-state index contributed by atoms with van der Waals surface area (Å²) in [7, 11) is 0. The molecule has 0 amide bonds. The minimum absolute atomic E-state index is 0.00693. The Labute approximate surface area is 107 Å². The SMILES string of the molecule is Fc1cnc(Cl)nc1-c1cnc2cccnc2c1. The molecule has 0 bridgehead atoms. The standard InChI is InChI=1S/C12H6ClFN4/c13-12-17-6-8(14)11(18-12)7-4-10-9(16-5-7)2-1-3-15-10/h1-6H. The van der Waals surface area contributed by atoms with Crippen LogP contribution in [0.4, 0.5) is 4.39 Å². The fourth-order valence-corrected chi connectivity index (χ4v) is 1.76. The Balaban J connectivity index is 2.22. The van der Waals surface area contributed by atoms with Gasteiger partial charge in [0.15, 0.2) is 5.82 Å². The van der Waals surface area contributed by atoms with E-state index in [1.807, 2.05) is 6.07 Å². The van der Waals surface area contributed by atoms with E-state index in [-0.39, 0.29) is 11.0 Å². The lowest BCUT2D eigenvalue weighted by Crippen LogP contribution is -1.94. The van der Waals surface area contributed by atoms with Crippen LogP contribution in [0.2, 0.25) is 5.28 Å². The van der Waals surface area contributed by atoms with Crippen molar-refractivity contribution in [1.29, 1.82) is 0 Å². The van der Waals surface area contributed by atoms with Crippen LogP contribution in [0.1, 0.15) is 0 Å². The van der Waals surface area contributed by atoms with Crippen molar-refractivity contribution in [2.24, 2.45) is 0 Å². The van der Waals surface area contributed by atoms with Gasteiger partial charge in [0.1, 0.15) is 5.69 Å². The molecule has 88 valence electrons. The number of hydrogen-bond acceptors (Lipinski definition) is 4. The molecule has 0 N–H and O–H groups in total. The minimum atomic E-state index is -0.545. The summed E-state index contributed by atoms with van der Waals surface area (Å²) in [5.74, 6) is -0.545. The first-order valence-electron chi connectivity index (χ1n) is 5.13. The van der Waals surface area contributed by atoms with Gasteiger partial charge in [0.25, 0.3) is 0 Å². The average molecular weight is 261 g/mol. The van der Waals surface area contributed by atoms with Gasteiger partial charge in [-0.3, -0.25) is 9.97 Å². The number of halogens is 2. The third-order valence-corrected chi connectivity index (χ3v) is 2.62. The summed E-state index contributed by atoms with van der Waals surface area (Å²) in [6.07, 6.45) is 4.22. The van der Waals surface area contributed by atoms with Gasteiger partial charge in [-0.25, -0.2) is 14.4 Å². The summed E-state index contributed by atoms with van der Waals surface area (Å²) in [5, 5.41) is -0.00693. The van der Waals surface area contributed by atoms with Crippen molar-refractivity contribution in [1.82, 2.24) is 19.9 Å². The Morgan fingerprint density at radius 1 is 1.06 bits per heavy atom. The molecule has 0 aliphatic heterocycles. The highest BCUT2D eigenvalue weighted by Gasteiger charge is 2.10. The molecule has 0 aliphatic rings. The van der Waals surface area contributed by atoms with E-state index in [0.29, 0.717) is 11.1 Å².